The van der Waals surface area contributed by atoms with E-state index in [4.69, 9.17) is 0 Å². The zero-order chi connectivity index (χ0) is 20.4. The van der Waals surface area contributed by atoms with Crippen molar-refractivity contribution in [2.45, 2.75) is 19.8 Å². The Balaban J connectivity index is 1.59. The van der Waals surface area contributed by atoms with Gasteiger partial charge in [0.05, 0.1) is 0 Å². The minimum atomic E-state index is -0.236. The second kappa shape index (κ2) is 7.91. The number of hydrogen-bond donors (Lipinski definition) is 1. The van der Waals surface area contributed by atoms with E-state index in [9.17, 15) is 4.79 Å². The quantitative estimate of drug-likeness (QED) is 0.727. The van der Waals surface area contributed by atoms with Crippen molar-refractivity contribution >= 4 is 28.8 Å². The van der Waals surface area contributed by atoms with Crippen LogP contribution in [-0.4, -0.2) is 36.5 Å². The molecule has 3 aromatic rings. The number of para-hydroxylation sites is 1. The van der Waals surface area contributed by atoms with Crippen molar-refractivity contribution in [1.82, 2.24) is 9.97 Å². The molecule has 0 radical (unpaired) electrons. The highest BCUT2D eigenvalue weighted by molar-refractivity contribution is 6.03. The Kier molecular flexibility index (Phi) is 5.16. The number of aromatic nitrogens is 2. The summed E-state index contributed by atoms with van der Waals surface area (Å²) in [4.78, 5) is 26.0. The molecule has 6 nitrogen and oxygen atoms in total. The maximum atomic E-state index is 12.8. The summed E-state index contributed by atoms with van der Waals surface area (Å²) in [5.41, 5.74) is 4.64. The number of benzene rings is 2. The molecule has 1 aliphatic heterocycles. The summed E-state index contributed by atoms with van der Waals surface area (Å²) in [6.07, 6.45) is 2.12. The van der Waals surface area contributed by atoms with Crippen molar-refractivity contribution < 1.29 is 4.79 Å². The largest absolute Gasteiger partial charge is 0.378 e. The van der Waals surface area contributed by atoms with Crippen molar-refractivity contribution in [2.75, 3.05) is 35.8 Å². The van der Waals surface area contributed by atoms with Crippen LogP contribution in [-0.2, 0) is 6.42 Å². The Morgan fingerprint density at radius 3 is 2.59 bits per heavy atom. The van der Waals surface area contributed by atoms with Crippen LogP contribution in [0, 0.1) is 6.92 Å². The van der Waals surface area contributed by atoms with Crippen LogP contribution in [0.3, 0.4) is 0 Å². The third-order valence-corrected chi connectivity index (χ3v) is 5.09. The molecule has 0 bridgehead atoms. The van der Waals surface area contributed by atoms with Gasteiger partial charge < -0.3 is 15.1 Å². The molecule has 0 aliphatic carbocycles. The molecule has 148 valence electrons. The number of carbonyl (C=O) groups excluding carboxylic acids is 1. The lowest BCUT2D eigenvalue weighted by Gasteiger charge is -2.30. The van der Waals surface area contributed by atoms with Gasteiger partial charge in [-0.25, -0.2) is 9.97 Å². The van der Waals surface area contributed by atoms with E-state index in [0.717, 1.165) is 42.3 Å². The molecular weight excluding hydrogens is 362 g/mol. The first-order chi connectivity index (χ1) is 14.0. The van der Waals surface area contributed by atoms with Crippen molar-refractivity contribution in [1.29, 1.82) is 0 Å². The highest BCUT2D eigenvalue weighted by Gasteiger charge is 2.21. The van der Waals surface area contributed by atoms with Crippen LogP contribution in [0.4, 0.5) is 22.9 Å². The number of carbonyl (C=O) groups is 1. The molecule has 1 N–H and O–H groups in total. The fourth-order valence-corrected chi connectivity index (χ4v) is 3.62. The van der Waals surface area contributed by atoms with E-state index >= 15 is 0 Å². The number of nitrogens with zero attached hydrogens (tertiary/aromatic N) is 4. The highest BCUT2D eigenvalue weighted by Crippen LogP contribution is 2.32. The predicted molar refractivity (Wildman–Crippen MR) is 117 cm³/mol. The SMILES string of the molecule is Cc1nc(C(=O)Nc2ccc(N(C)C)cc2)cc(N2CCCc3ccccc32)n1. The van der Waals surface area contributed by atoms with Crippen LogP contribution >= 0.6 is 0 Å². The number of amides is 1. The van der Waals surface area contributed by atoms with E-state index < -0.39 is 0 Å². The average molecular weight is 387 g/mol. The van der Waals surface area contributed by atoms with Crippen molar-refractivity contribution in [2.24, 2.45) is 0 Å². The Hall–Kier alpha value is -3.41. The molecule has 0 fully saturated rings. The molecule has 1 aliphatic rings. The third kappa shape index (κ3) is 4.06. The second-order valence-corrected chi connectivity index (χ2v) is 7.44. The summed E-state index contributed by atoms with van der Waals surface area (Å²) in [6, 6.07) is 17.9. The van der Waals surface area contributed by atoms with Crippen LogP contribution in [0.5, 0.6) is 0 Å². The van der Waals surface area contributed by atoms with Crippen molar-refractivity contribution in [3.8, 4) is 0 Å². The molecule has 6 heteroatoms. The zero-order valence-corrected chi connectivity index (χ0v) is 17.0. The predicted octanol–water partition coefficient (Wildman–Crippen LogP) is 4.19. The lowest BCUT2D eigenvalue weighted by atomic mass is 10.0. The van der Waals surface area contributed by atoms with Gasteiger partial charge in [0, 0.05) is 43.8 Å². The second-order valence-electron chi connectivity index (χ2n) is 7.44. The lowest BCUT2D eigenvalue weighted by molar-refractivity contribution is 0.102. The molecule has 29 heavy (non-hydrogen) atoms. The summed E-state index contributed by atoms with van der Waals surface area (Å²) >= 11 is 0. The fourth-order valence-electron chi connectivity index (χ4n) is 3.62. The van der Waals surface area contributed by atoms with Crippen LogP contribution in [0.2, 0.25) is 0 Å². The first-order valence-corrected chi connectivity index (χ1v) is 9.81. The molecular formula is C23H25N5O. The van der Waals surface area contributed by atoms with Gasteiger partial charge in [0.15, 0.2) is 0 Å². The molecule has 1 aromatic heterocycles. The van der Waals surface area contributed by atoms with Gasteiger partial charge in [0.1, 0.15) is 17.3 Å². The summed E-state index contributed by atoms with van der Waals surface area (Å²) in [6.45, 7) is 2.70. The van der Waals surface area contributed by atoms with Gasteiger partial charge in [0.2, 0.25) is 0 Å². The fraction of sp³-hybridized carbons (Fsp3) is 0.261. The molecule has 2 aromatic carbocycles. The van der Waals surface area contributed by atoms with Crippen molar-refractivity contribution in [3.63, 3.8) is 0 Å². The van der Waals surface area contributed by atoms with Crippen LogP contribution in [0.15, 0.2) is 54.6 Å². The Labute approximate surface area is 171 Å². The van der Waals surface area contributed by atoms with Gasteiger partial charge in [-0.05, 0) is 55.7 Å². The Bertz CT molecular complexity index is 1030. The third-order valence-electron chi connectivity index (χ3n) is 5.09. The molecule has 4 rings (SSSR count). The number of hydrogen-bond acceptors (Lipinski definition) is 5. The summed E-state index contributed by atoms with van der Waals surface area (Å²) in [7, 11) is 3.97. The maximum absolute atomic E-state index is 12.8. The molecule has 0 atom stereocenters. The van der Waals surface area contributed by atoms with E-state index in [1.54, 1.807) is 6.07 Å². The van der Waals surface area contributed by atoms with E-state index in [1.165, 1.54) is 5.56 Å². The molecule has 0 unspecified atom stereocenters. The first-order valence-electron chi connectivity index (χ1n) is 9.81. The number of fused-ring (bicyclic) bond motifs is 1. The molecule has 0 saturated heterocycles. The van der Waals surface area contributed by atoms with Crippen molar-refractivity contribution in [3.05, 3.63) is 71.7 Å². The topological polar surface area (TPSA) is 61.4 Å². The minimum absolute atomic E-state index is 0.236. The summed E-state index contributed by atoms with van der Waals surface area (Å²) in [5.74, 6) is 1.11. The van der Waals surface area contributed by atoms with Crippen LogP contribution in [0.1, 0.15) is 28.3 Å². The Morgan fingerprint density at radius 2 is 1.83 bits per heavy atom. The zero-order valence-electron chi connectivity index (χ0n) is 17.0. The number of anilines is 4. The average Bonchev–Trinajstić information content (AvgIpc) is 2.73. The highest BCUT2D eigenvalue weighted by atomic mass is 16.1. The first kappa shape index (κ1) is 18.9. The van der Waals surface area contributed by atoms with Gasteiger partial charge in [-0.1, -0.05) is 18.2 Å². The van der Waals surface area contributed by atoms with Gasteiger partial charge >= 0.3 is 0 Å². The van der Waals surface area contributed by atoms with Gasteiger partial charge in [-0.2, -0.15) is 0 Å². The van der Waals surface area contributed by atoms with E-state index in [1.807, 2.05) is 56.3 Å². The van der Waals surface area contributed by atoms with Gasteiger partial charge in [-0.15, -0.1) is 0 Å². The van der Waals surface area contributed by atoms with E-state index in [2.05, 4.69) is 38.4 Å². The number of rotatable bonds is 4. The smallest absolute Gasteiger partial charge is 0.274 e. The minimum Gasteiger partial charge on any atom is -0.378 e. The number of aryl methyl sites for hydroxylation is 2. The van der Waals surface area contributed by atoms with E-state index in [0.29, 0.717) is 11.5 Å². The van der Waals surface area contributed by atoms with Gasteiger partial charge in [-0.3, -0.25) is 4.79 Å². The normalized spacial score (nSPS) is 13.0. The molecule has 0 saturated carbocycles. The molecule has 1 amide bonds. The molecule has 0 spiro atoms. The summed E-state index contributed by atoms with van der Waals surface area (Å²) < 4.78 is 0. The van der Waals surface area contributed by atoms with Gasteiger partial charge in [0.25, 0.3) is 5.91 Å². The molecule has 2 heterocycles. The summed E-state index contributed by atoms with van der Waals surface area (Å²) in [5, 5.41) is 2.93. The maximum Gasteiger partial charge on any atom is 0.274 e. The van der Waals surface area contributed by atoms with Crippen LogP contribution in [0.25, 0.3) is 0 Å². The standard InChI is InChI=1S/C23H25N5O/c1-16-24-20(23(29)26-18-10-12-19(13-11-18)27(2)3)15-22(25-16)28-14-6-8-17-7-4-5-9-21(17)28/h4-5,7,9-13,15H,6,8,14H2,1-3H3,(H,26,29). The monoisotopic (exact) mass is 387 g/mol. The number of nitrogens with one attached hydrogen (secondary N) is 1. The van der Waals surface area contributed by atoms with Crippen LogP contribution < -0.4 is 15.1 Å². The Morgan fingerprint density at radius 1 is 1.07 bits per heavy atom. The lowest BCUT2D eigenvalue weighted by Crippen LogP contribution is -2.26. The van der Waals surface area contributed by atoms with E-state index in [-0.39, 0.29) is 5.91 Å².